The van der Waals surface area contributed by atoms with Crippen molar-refractivity contribution in [3.8, 4) is 16.9 Å². The Kier molecular flexibility index (Phi) is 6.58. The fourth-order valence-electron chi connectivity index (χ4n) is 2.63. The molecule has 0 aliphatic heterocycles. The summed E-state index contributed by atoms with van der Waals surface area (Å²) < 4.78 is 42.7. The second-order valence-electron chi connectivity index (χ2n) is 5.87. The summed E-state index contributed by atoms with van der Waals surface area (Å²) in [6.45, 7) is 1.87. The number of aliphatic carboxylic acids is 1. The molecule has 0 aromatic heterocycles. The smallest absolute Gasteiger partial charge is 0.397 e. The predicted molar refractivity (Wildman–Crippen MR) is 96.7 cm³/mol. The number of methoxy groups -OCH3 is 1. The second kappa shape index (κ2) is 8.49. The van der Waals surface area contributed by atoms with Crippen molar-refractivity contribution in [1.82, 2.24) is 0 Å². The lowest BCUT2D eigenvalue weighted by Gasteiger charge is -2.15. The van der Waals surface area contributed by atoms with Crippen LogP contribution in [0.3, 0.4) is 0 Å². The van der Waals surface area contributed by atoms with Gasteiger partial charge in [0.15, 0.2) is 0 Å². The molecule has 0 heterocycles. The summed E-state index contributed by atoms with van der Waals surface area (Å²) in [7, 11) is 1.50. The number of ether oxygens (including phenoxy) is 1. The van der Waals surface area contributed by atoms with Crippen LogP contribution in [0.25, 0.3) is 11.1 Å². The summed E-state index contributed by atoms with van der Waals surface area (Å²) in [6, 6.07) is 10.6. The van der Waals surface area contributed by atoms with Crippen molar-refractivity contribution < 1.29 is 27.8 Å². The van der Waals surface area contributed by atoms with Crippen molar-refractivity contribution in [1.29, 1.82) is 0 Å². The highest BCUT2D eigenvalue weighted by atomic mass is 32.2. The fourth-order valence-corrected chi connectivity index (χ4v) is 3.42. The third-order valence-electron chi connectivity index (χ3n) is 3.69. The van der Waals surface area contributed by atoms with Crippen LogP contribution in [0.1, 0.15) is 16.7 Å². The van der Waals surface area contributed by atoms with Crippen molar-refractivity contribution in [2.24, 2.45) is 0 Å². The first-order valence-corrected chi connectivity index (χ1v) is 8.98. The highest BCUT2D eigenvalue weighted by molar-refractivity contribution is 7.98. The Morgan fingerprint density at radius 1 is 1.15 bits per heavy atom. The summed E-state index contributed by atoms with van der Waals surface area (Å²) in [5, 5.41) is 9.00. The van der Waals surface area contributed by atoms with E-state index >= 15 is 0 Å². The van der Waals surface area contributed by atoms with E-state index in [9.17, 15) is 18.0 Å². The minimum atomic E-state index is -4.21. The molecule has 3 nitrogen and oxygen atoms in total. The zero-order valence-electron chi connectivity index (χ0n) is 14.4. The van der Waals surface area contributed by atoms with Gasteiger partial charge in [0.1, 0.15) is 5.75 Å². The minimum Gasteiger partial charge on any atom is -0.496 e. The molecule has 140 valence electrons. The normalized spacial score (nSPS) is 11.4. The SMILES string of the molecule is COc1ccc(CC(=O)O)cc1-c1ccc(C)cc1CSCC(F)(F)F. The van der Waals surface area contributed by atoms with Crippen molar-refractivity contribution in [3.05, 3.63) is 53.1 Å². The van der Waals surface area contributed by atoms with E-state index in [1.54, 1.807) is 18.2 Å². The quantitative estimate of drug-likeness (QED) is 0.722. The molecule has 0 unspecified atom stereocenters. The molecule has 0 aliphatic rings. The minimum absolute atomic E-state index is 0.138. The van der Waals surface area contributed by atoms with E-state index in [1.807, 2.05) is 25.1 Å². The fraction of sp³-hybridized carbons (Fsp3) is 0.316. The average molecular weight is 384 g/mol. The van der Waals surface area contributed by atoms with E-state index in [0.29, 0.717) is 16.9 Å². The number of benzene rings is 2. The Hall–Kier alpha value is -2.15. The third kappa shape index (κ3) is 5.69. The molecular formula is C19H19F3O3S. The third-order valence-corrected chi connectivity index (χ3v) is 4.74. The van der Waals surface area contributed by atoms with Crippen LogP contribution in [-0.2, 0) is 17.0 Å². The van der Waals surface area contributed by atoms with Gasteiger partial charge in [0.2, 0.25) is 0 Å². The van der Waals surface area contributed by atoms with Crippen molar-refractivity contribution >= 4 is 17.7 Å². The van der Waals surface area contributed by atoms with Crippen LogP contribution >= 0.6 is 11.8 Å². The number of alkyl halides is 3. The molecule has 0 fully saturated rings. The summed E-state index contributed by atoms with van der Waals surface area (Å²) in [4.78, 5) is 11.0. The molecule has 0 aliphatic carbocycles. The van der Waals surface area contributed by atoms with Gasteiger partial charge in [-0.25, -0.2) is 0 Å². The number of halogens is 3. The Morgan fingerprint density at radius 2 is 1.88 bits per heavy atom. The average Bonchev–Trinajstić information content (AvgIpc) is 2.53. The highest BCUT2D eigenvalue weighted by Gasteiger charge is 2.27. The number of carboxylic acids is 1. The monoisotopic (exact) mass is 384 g/mol. The van der Waals surface area contributed by atoms with Crippen LogP contribution in [0.5, 0.6) is 5.75 Å². The molecule has 0 atom stereocenters. The Morgan fingerprint density at radius 3 is 2.50 bits per heavy atom. The maximum Gasteiger partial charge on any atom is 0.397 e. The molecule has 2 aromatic rings. The topological polar surface area (TPSA) is 46.5 Å². The number of carbonyl (C=O) groups is 1. The van der Waals surface area contributed by atoms with Crippen LogP contribution in [0, 0.1) is 6.92 Å². The molecule has 26 heavy (non-hydrogen) atoms. The number of aryl methyl sites for hydroxylation is 1. The number of hydrogen-bond donors (Lipinski definition) is 1. The Labute approximate surface area is 154 Å². The van der Waals surface area contributed by atoms with Gasteiger partial charge in [-0.1, -0.05) is 29.8 Å². The number of hydrogen-bond acceptors (Lipinski definition) is 3. The summed E-state index contributed by atoms with van der Waals surface area (Å²) in [5.41, 5.74) is 3.72. The zero-order chi connectivity index (χ0) is 19.3. The molecular weight excluding hydrogens is 365 g/mol. The number of carboxylic acid groups (broad SMARTS) is 1. The van der Waals surface area contributed by atoms with Gasteiger partial charge in [-0.05, 0) is 35.7 Å². The van der Waals surface area contributed by atoms with E-state index in [0.717, 1.165) is 28.5 Å². The zero-order valence-corrected chi connectivity index (χ0v) is 15.2. The van der Waals surface area contributed by atoms with E-state index in [-0.39, 0.29) is 12.2 Å². The van der Waals surface area contributed by atoms with Gasteiger partial charge in [-0.3, -0.25) is 4.79 Å². The molecule has 2 rings (SSSR count). The van der Waals surface area contributed by atoms with Crippen LogP contribution in [0.2, 0.25) is 0 Å². The molecule has 2 aromatic carbocycles. The van der Waals surface area contributed by atoms with E-state index < -0.39 is 17.9 Å². The van der Waals surface area contributed by atoms with Crippen LogP contribution in [0.4, 0.5) is 13.2 Å². The summed E-state index contributed by atoms with van der Waals surface area (Å²) in [6.07, 6.45) is -4.35. The van der Waals surface area contributed by atoms with Gasteiger partial charge in [0.05, 0.1) is 19.3 Å². The molecule has 1 N–H and O–H groups in total. The Balaban J connectivity index is 2.41. The standard InChI is InChI=1S/C19H19F3O3S/c1-12-3-5-15(14(7-12)10-26-11-19(20,21)22)16-8-13(9-18(23)24)4-6-17(16)25-2/h3-8H,9-11H2,1-2H3,(H,23,24). The van der Waals surface area contributed by atoms with Gasteiger partial charge in [0, 0.05) is 11.3 Å². The van der Waals surface area contributed by atoms with E-state index in [4.69, 9.17) is 9.84 Å². The van der Waals surface area contributed by atoms with Gasteiger partial charge >= 0.3 is 12.1 Å². The summed E-state index contributed by atoms with van der Waals surface area (Å²) in [5.74, 6) is -1.13. The molecule has 0 spiro atoms. The van der Waals surface area contributed by atoms with Crippen LogP contribution in [0.15, 0.2) is 36.4 Å². The maximum absolute atomic E-state index is 12.5. The molecule has 0 bridgehead atoms. The molecule has 0 saturated carbocycles. The molecule has 0 radical (unpaired) electrons. The first-order chi connectivity index (χ1) is 12.2. The first kappa shape index (κ1) is 20.2. The van der Waals surface area contributed by atoms with Crippen LogP contribution < -0.4 is 4.74 Å². The molecule has 7 heteroatoms. The maximum atomic E-state index is 12.5. The molecule has 0 saturated heterocycles. The largest absolute Gasteiger partial charge is 0.496 e. The van der Waals surface area contributed by atoms with E-state index in [1.165, 1.54) is 7.11 Å². The molecule has 0 amide bonds. The number of thioether (sulfide) groups is 1. The van der Waals surface area contributed by atoms with Gasteiger partial charge in [0.25, 0.3) is 0 Å². The van der Waals surface area contributed by atoms with Crippen LogP contribution in [-0.4, -0.2) is 30.1 Å². The second-order valence-corrected chi connectivity index (χ2v) is 6.86. The van der Waals surface area contributed by atoms with Crippen molar-refractivity contribution in [2.45, 2.75) is 25.3 Å². The van der Waals surface area contributed by atoms with Gasteiger partial charge in [-0.15, -0.1) is 11.8 Å². The van der Waals surface area contributed by atoms with Gasteiger partial charge in [-0.2, -0.15) is 13.2 Å². The lowest BCUT2D eigenvalue weighted by Crippen LogP contribution is -2.11. The first-order valence-electron chi connectivity index (χ1n) is 7.82. The van der Waals surface area contributed by atoms with Gasteiger partial charge < -0.3 is 9.84 Å². The van der Waals surface area contributed by atoms with Crippen molar-refractivity contribution in [3.63, 3.8) is 0 Å². The number of rotatable bonds is 7. The highest BCUT2D eigenvalue weighted by Crippen LogP contribution is 2.36. The van der Waals surface area contributed by atoms with Crippen molar-refractivity contribution in [2.75, 3.05) is 12.9 Å². The summed E-state index contributed by atoms with van der Waals surface area (Å²) >= 11 is 0.799. The predicted octanol–water partition coefficient (Wildman–Crippen LogP) is 5.09. The lowest BCUT2D eigenvalue weighted by atomic mass is 9.95. The lowest BCUT2D eigenvalue weighted by molar-refractivity contribution is -0.136. The van der Waals surface area contributed by atoms with E-state index in [2.05, 4.69) is 0 Å². The Bertz CT molecular complexity index is 788.